The number of hydrogen-bond donors (Lipinski definition) is 2. The molecule has 2 rings (SSSR count). The van der Waals surface area contributed by atoms with Gasteiger partial charge in [0.1, 0.15) is 0 Å². The lowest BCUT2D eigenvalue weighted by Crippen LogP contribution is -2.51. The molecular weight excluding hydrogens is 220 g/mol. The molecule has 2 aromatic rings. The van der Waals surface area contributed by atoms with Crippen molar-refractivity contribution >= 4 is 11.5 Å². The van der Waals surface area contributed by atoms with Gasteiger partial charge in [-0.1, -0.05) is 0 Å². The number of aliphatic hydroxyl groups is 1. The number of fused-ring (bicyclic) bond motifs is 1. The first kappa shape index (κ1) is 11.7. The predicted octanol–water partition coefficient (Wildman–Crippen LogP) is 0.481. The van der Waals surface area contributed by atoms with E-state index in [-0.39, 0.29) is 0 Å². The van der Waals surface area contributed by atoms with Crippen LogP contribution in [0.3, 0.4) is 0 Å². The molecule has 0 aliphatic carbocycles. The van der Waals surface area contributed by atoms with E-state index in [9.17, 15) is 5.11 Å². The molecule has 0 radical (unpaired) electrons. The van der Waals surface area contributed by atoms with Crippen LogP contribution in [0, 0.1) is 0 Å². The summed E-state index contributed by atoms with van der Waals surface area (Å²) < 4.78 is 1.54. The molecule has 0 bridgehead atoms. The summed E-state index contributed by atoms with van der Waals surface area (Å²) in [4.78, 5) is 4.04. The van der Waals surface area contributed by atoms with Crippen LogP contribution in [0.1, 0.15) is 27.7 Å². The Morgan fingerprint density at radius 2 is 1.94 bits per heavy atom. The van der Waals surface area contributed by atoms with E-state index in [1.807, 2.05) is 13.8 Å². The molecular formula is C10H16N6O. The number of hydrogen-bond acceptors (Lipinski definition) is 6. The van der Waals surface area contributed by atoms with Crippen LogP contribution in [0.15, 0.2) is 12.4 Å². The number of rotatable bonds is 3. The van der Waals surface area contributed by atoms with Gasteiger partial charge in [-0.25, -0.2) is 0 Å². The molecule has 0 fully saturated rings. The lowest BCUT2D eigenvalue weighted by atomic mass is 9.86. The average Bonchev–Trinajstić information content (AvgIpc) is 2.64. The lowest BCUT2D eigenvalue weighted by molar-refractivity contribution is 0.0238. The molecule has 2 N–H and O–H groups in total. The van der Waals surface area contributed by atoms with Gasteiger partial charge in [-0.2, -0.15) is 4.52 Å². The fourth-order valence-electron chi connectivity index (χ4n) is 1.23. The Bertz CT molecular complexity index is 527. The minimum Gasteiger partial charge on any atom is -0.388 e. The third kappa shape index (κ3) is 2.05. The number of nitrogens with zero attached hydrogens (tertiary/aromatic N) is 5. The van der Waals surface area contributed by atoms with Gasteiger partial charge in [-0.3, -0.25) is 4.98 Å². The molecule has 0 aromatic carbocycles. The van der Waals surface area contributed by atoms with Crippen molar-refractivity contribution in [3.05, 3.63) is 12.4 Å². The second kappa shape index (κ2) is 3.63. The molecule has 0 spiro atoms. The molecule has 0 aliphatic heterocycles. The van der Waals surface area contributed by atoms with E-state index in [4.69, 9.17) is 0 Å². The number of anilines is 1. The fraction of sp³-hybridized carbons (Fsp3) is 0.600. The van der Waals surface area contributed by atoms with Gasteiger partial charge in [0.15, 0.2) is 11.5 Å². The van der Waals surface area contributed by atoms with E-state index in [1.54, 1.807) is 30.8 Å². The van der Waals surface area contributed by atoms with E-state index in [2.05, 4.69) is 25.8 Å². The highest BCUT2D eigenvalue weighted by atomic mass is 16.3. The fourth-order valence-corrected chi connectivity index (χ4v) is 1.23. The number of nitrogens with one attached hydrogen (secondary N) is 1. The maximum atomic E-state index is 10.1. The van der Waals surface area contributed by atoms with Gasteiger partial charge in [0, 0.05) is 0 Å². The maximum Gasteiger partial charge on any atom is 0.199 e. The highest BCUT2D eigenvalue weighted by Crippen LogP contribution is 2.25. The zero-order valence-corrected chi connectivity index (χ0v) is 10.3. The minimum atomic E-state index is -0.900. The van der Waals surface area contributed by atoms with Crippen molar-refractivity contribution in [1.82, 2.24) is 25.0 Å². The van der Waals surface area contributed by atoms with Crippen molar-refractivity contribution in [2.75, 3.05) is 5.32 Å². The first-order valence-corrected chi connectivity index (χ1v) is 5.34. The Kier molecular flexibility index (Phi) is 2.50. The summed E-state index contributed by atoms with van der Waals surface area (Å²) >= 11 is 0. The Morgan fingerprint density at radius 1 is 1.24 bits per heavy atom. The molecule has 92 valence electrons. The van der Waals surface area contributed by atoms with Crippen molar-refractivity contribution in [3.8, 4) is 0 Å². The molecule has 2 aromatic heterocycles. The van der Waals surface area contributed by atoms with Crippen LogP contribution in [-0.2, 0) is 0 Å². The van der Waals surface area contributed by atoms with Crippen LogP contribution in [0.2, 0.25) is 0 Å². The largest absolute Gasteiger partial charge is 0.388 e. The molecule has 7 nitrogen and oxygen atoms in total. The molecule has 0 aliphatic rings. The summed E-state index contributed by atoms with van der Waals surface area (Å²) in [5, 5.41) is 24.5. The third-order valence-corrected chi connectivity index (χ3v) is 3.08. The van der Waals surface area contributed by atoms with Crippen LogP contribution < -0.4 is 5.32 Å². The molecule has 0 atom stereocenters. The van der Waals surface area contributed by atoms with Gasteiger partial charge in [-0.15, -0.1) is 5.10 Å². The molecule has 0 amide bonds. The van der Waals surface area contributed by atoms with Gasteiger partial charge < -0.3 is 10.4 Å². The highest BCUT2D eigenvalue weighted by molar-refractivity contribution is 5.45. The summed E-state index contributed by atoms with van der Waals surface area (Å²) in [6.45, 7) is 7.28. The van der Waals surface area contributed by atoms with Crippen LogP contribution in [0.25, 0.3) is 5.65 Å². The Morgan fingerprint density at radius 3 is 2.59 bits per heavy atom. The van der Waals surface area contributed by atoms with Gasteiger partial charge in [0.25, 0.3) is 0 Å². The normalized spacial score (nSPS) is 13.0. The summed E-state index contributed by atoms with van der Waals surface area (Å²) in [5.41, 5.74) is -0.889. The minimum absolute atomic E-state index is 0.547. The quantitative estimate of drug-likeness (QED) is 0.806. The standard InChI is InChI=1S/C10H16N6O/c1-9(2,10(3,4)17)12-7-5-11-6-8-13-14-15-16(7)8/h5-6,12,17H,1-4H3. The SMILES string of the molecule is CC(C)(O)C(C)(C)Nc1cncc2nnnn12. The van der Waals surface area contributed by atoms with E-state index >= 15 is 0 Å². The van der Waals surface area contributed by atoms with Crippen molar-refractivity contribution in [2.45, 2.75) is 38.8 Å². The lowest BCUT2D eigenvalue weighted by Gasteiger charge is -2.38. The second-order valence-electron chi connectivity index (χ2n) is 5.05. The zero-order chi connectivity index (χ0) is 12.7. The number of tetrazole rings is 1. The predicted molar refractivity (Wildman–Crippen MR) is 62.6 cm³/mol. The Labute approximate surface area is 98.9 Å². The first-order valence-electron chi connectivity index (χ1n) is 5.34. The number of aromatic nitrogens is 5. The summed E-state index contributed by atoms with van der Waals surface area (Å²) in [6, 6.07) is 0. The monoisotopic (exact) mass is 236 g/mol. The smallest absolute Gasteiger partial charge is 0.199 e. The first-order chi connectivity index (χ1) is 7.81. The summed E-state index contributed by atoms with van der Waals surface area (Å²) in [6.07, 6.45) is 3.19. The van der Waals surface area contributed by atoms with Gasteiger partial charge in [0.2, 0.25) is 0 Å². The molecule has 2 heterocycles. The average molecular weight is 236 g/mol. The van der Waals surface area contributed by atoms with Gasteiger partial charge in [0.05, 0.1) is 23.5 Å². The molecule has 0 saturated carbocycles. The van der Waals surface area contributed by atoms with E-state index in [0.29, 0.717) is 11.5 Å². The third-order valence-electron chi connectivity index (χ3n) is 3.08. The molecule has 0 unspecified atom stereocenters. The van der Waals surface area contributed by atoms with Crippen LogP contribution in [0.5, 0.6) is 0 Å². The highest BCUT2D eigenvalue weighted by Gasteiger charge is 2.35. The van der Waals surface area contributed by atoms with Crippen LogP contribution in [-0.4, -0.2) is 41.3 Å². The molecule has 0 saturated heterocycles. The Balaban J connectivity index is 2.39. The molecule has 17 heavy (non-hydrogen) atoms. The van der Waals surface area contributed by atoms with Crippen molar-refractivity contribution in [2.24, 2.45) is 0 Å². The van der Waals surface area contributed by atoms with Crippen LogP contribution >= 0.6 is 0 Å². The molecule has 7 heteroatoms. The van der Waals surface area contributed by atoms with Crippen molar-refractivity contribution in [3.63, 3.8) is 0 Å². The Hall–Kier alpha value is -1.76. The van der Waals surface area contributed by atoms with Gasteiger partial charge in [-0.05, 0) is 38.1 Å². The van der Waals surface area contributed by atoms with Crippen LogP contribution in [0.4, 0.5) is 5.82 Å². The van der Waals surface area contributed by atoms with Crippen molar-refractivity contribution in [1.29, 1.82) is 0 Å². The van der Waals surface area contributed by atoms with E-state index < -0.39 is 11.1 Å². The van der Waals surface area contributed by atoms with E-state index in [1.165, 1.54) is 0 Å². The summed E-state index contributed by atoms with van der Waals surface area (Å²) in [5.74, 6) is 0.639. The topological polar surface area (TPSA) is 88.2 Å². The maximum absolute atomic E-state index is 10.1. The van der Waals surface area contributed by atoms with Crippen molar-refractivity contribution < 1.29 is 5.11 Å². The van der Waals surface area contributed by atoms with Gasteiger partial charge >= 0.3 is 0 Å². The summed E-state index contributed by atoms with van der Waals surface area (Å²) in [7, 11) is 0. The second-order valence-corrected chi connectivity index (χ2v) is 5.05. The van der Waals surface area contributed by atoms with E-state index in [0.717, 1.165) is 0 Å². The zero-order valence-electron chi connectivity index (χ0n) is 10.3.